The summed E-state index contributed by atoms with van der Waals surface area (Å²) in [5.74, 6) is -0.366. The Kier molecular flexibility index (Phi) is 5.65. The minimum Gasteiger partial charge on any atom is -0.406 e. The van der Waals surface area contributed by atoms with Crippen molar-refractivity contribution in [2.45, 2.75) is 32.7 Å². The highest BCUT2D eigenvalue weighted by Crippen LogP contribution is 2.24. The lowest BCUT2D eigenvalue weighted by Crippen LogP contribution is -2.44. The number of alkyl halides is 3. The van der Waals surface area contributed by atoms with E-state index in [1.807, 2.05) is 0 Å². The number of amides is 2. The molecule has 0 unspecified atom stereocenters. The second kappa shape index (κ2) is 6.87. The Balaban J connectivity index is 2.68. The van der Waals surface area contributed by atoms with Gasteiger partial charge in [0.1, 0.15) is 5.75 Å². The summed E-state index contributed by atoms with van der Waals surface area (Å²) in [5.41, 5.74) is -0.716. The van der Waals surface area contributed by atoms with Crippen LogP contribution in [0.3, 0.4) is 0 Å². The predicted octanol–water partition coefficient (Wildman–Crippen LogP) is 3.21. The third-order valence-electron chi connectivity index (χ3n) is 2.59. The van der Waals surface area contributed by atoms with Gasteiger partial charge in [-0.15, -0.1) is 13.2 Å². The van der Waals surface area contributed by atoms with Crippen molar-refractivity contribution < 1.29 is 27.8 Å². The summed E-state index contributed by atoms with van der Waals surface area (Å²) < 4.78 is 39.9. The van der Waals surface area contributed by atoms with Crippen molar-refractivity contribution in [3.63, 3.8) is 0 Å². The maximum absolute atomic E-state index is 12.0. The van der Waals surface area contributed by atoms with Gasteiger partial charge in [0, 0.05) is 12.2 Å². The minimum absolute atomic E-state index is 0.130. The molecule has 22 heavy (non-hydrogen) atoms. The molecule has 0 aliphatic rings. The molecule has 0 aromatic heterocycles. The Morgan fingerprint density at radius 2 is 1.82 bits per heavy atom. The molecule has 0 aliphatic heterocycles. The summed E-state index contributed by atoms with van der Waals surface area (Å²) in [6.07, 6.45) is -4.75. The number of rotatable bonds is 5. The highest BCUT2D eigenvalue weighted by molar-refractivity contribution is 5.89. The summed E-state index contributed by atoms with van der Waals surface area (Å²) >= 11 is 0. The van der Waals surface area contributed by atoms with Gasteiger partial charge in [0.2, 0.25) is 0 Å². The highest BCUT2D eigenvalue weighted by Gasteiger charge is 2.31. The highest BCUT2D eigenvalue weighted by atomic mass is 19.4. The zero-order valence-electron chi connectivity index (χ0n) is 12.6. The lowest BCUT2D eigenvalue weighted by molar-refractivity contribution is -0.274. The maximum atomic E-state index is 12.0. The van der Waals surface area contributed by atoms with E-state index in [4.69, 9.17) is 0 Å². The van der Waals surface area contributed by atoms with Gasteiger partial charge >= 0.3 is 12.4 Å². The van der Waals surface area contributed by atoms with Gasteiger partial charge in [-0.1, -0.05) is 0 Å². The van der Waals surface area contributed by atoms with Crippen molar-refractivity contribution in [1.82, 2.24) is 4.90 Å². The van der Waals surface area contributed by atoms with Gasteiger partial charge in [-0.05, 0) is 45.0 Å². The van der Waals surface area contributed by atoms with Crippen molar-refractivity contribution in [2.75, 3.05) is 18.4 Å². The first-order chi connectivity index (χ1) is 10.00. The summed E-state index contributed by atoms with van der Waals surface area (Å²) in [4.78, 5) is 13.4. The Morgan fingerprint density at radius 3 is 2.23 bits per heavy atom. The number of carbonyl (C=O) groups excluding carboxylic acids is 1. The molecule has 0 saturated heterocycles. The molecule has 1 aromatic carbocycles. The Hall–Kier alpha value is -1.96. The van der Waals surface area contributed by atoms with E-state index in [-0.39, 0.29) is 12.3 Å². The standard InChI is InChI=1S/C14H19F3N2O3/c1-4-19(9-13(2,3)21)12(20)18-10-5-7-11(8-6-10)22-14(15,16)17/h5-8,21H,4,9H2,1-3H3,(H,18,20). The molecule has 2 N–H and O–H groups in total. The Labute approximate surface area is 126 Å². The molecule has 1 aromatic rings. The normalized spacial score (nSPS) is 12.0. The molecule has 0 atom stereocenters. The zero-order chi connectivity index (χ0) is 17.0. The molecular formula is C14H19F3N2O3. The molecule has 2 amide bonds. The van der Waals surface area contributed by atoms with Gasteiger partial charge in [-0.2, -0.15) is 0 Å². The van der Waals surface area contributed by atoms with Crippen LogP contribution in [0.5, 0.6) is 5.75 Å². The van der Waals surface area contributed by atoms with Crippen LogP contribution in [0.15, 0.2) is 24.3 Å². The number of aliphatic hydroxyl groups is 1. The summed E-state index contributed by atoms with van der Waals surface area (Å²) in [5, 5.41) is 12.3. The fraction of sp³-hybridized carbons (Fsp3) is 0.500. The lowest BCUT2D eigenvalue weighted by Gasteiger charge is -2.28. The third kappa shape index (κ3) is 6.66. The van der Waals surface area contributed by atoms with Crippen molar-refractivity contribution in [1.29, 1.82) is 0 Å². The largest absolute Gasteiger partial charge is 0.573 e. The monoisotopic (exact) mass is 320 g/mol. The molecule has 5 nitrogen and oxygen atoms in total. The molecule has 0 spiro atoms. The summed E-state index contributed by atoms with van der Waals surface area (Å²) in [6.45, 7) is 5.42. The van der Waals surface area contributed by atoms with Crippen molar-refractivity contribution in [2.24, 2.45) is 0 Å². The van der Waals surface area contributed by atoms with Crippen LogP contribution in [-0.4, -0.2) is 41.1 Å². The fourth-order valence-electron chi connectivity index (χ4n) is 1.74. The van der Waals surface area contributed by atoms with Crippen LogP contribution in [-0.2, 0) is 0 Å². The van der Waals surface area contributed by atoms with Crippen LogP contribution < -0.4 is 10.1 Å². The second-order valence-electron chi connectivity index (χ2n) is 5.33. The van der Waals surface area contributed by atoms with Gasteiger partial charge < -0.3 is 20.1 Å². The number of urea groups is 1. The van der Waals surface area contributed by atoms with Crippen LogP contribution >= 0.6 is 0 Å². The van der Waals surface area contributed by atoms with E-state index in [1.54, 1.807) is 20.8 Å². The first kappa shape index (κ1) is 18.1. The first-order valence-electron chi connectivity index (χ1n) is 6.64. The number of hydrogen-bond donors (Lipinski definition) is 2. The number of halogens is 3. The van der Waals surface area contributed by atoms with Gasteiger partial charge in [-0.25, -0.2) is 4.79 Å². The number of nitrogens with one attached hydrogen (secondary N) is 1. The Bertz CT molecular complexity index is 496. The molecule has 0 saturated carbocycles. The lowest BCUT2D eigenvalue weighted by atomic mass is 10.1. The molecule has 0 aliphatic carbocycles. The zero-order valence-corrected chi connectivity index (χ0v) is 12.6. The van der Waals surface area contributed by atoms with Crippen molar-refractivity contribution >= 4 is 11.7 Å². The van der Waals surface area contributed by atoms with E-state index < -0.39 is 18.0 Å². The SMILES string of the molecule is CCN(CC(C)(C)O)C(=O)Nc1ccc(OC(F)(F)F)cc1. The van der Waals surface area contributed by atoms with Crippen molar-refractivity contribution in [3.8, 4) is 5.75 Å². The number of benzene rings is 1. The molecule has 0 heterocycles. The van der Waals surface area contributed by atoms with Crippen LogP contribution in [0.4, 0.5) is 23.7 Å². The van der Waals surface area contributed by atoms with Gasteiger partial charge in [-0.3, -0.25) is 0 Å². The average Bonchev–Trinajstić information content (AvgIpc) is 2.35. The molecular weight excluding hydrogens is 301 g/mol. The van der Waals surface area contributed by atoms with E-state index in [2.05, 4.69) is 10.1 Å². The fourth-order valence-corrected chi connectivity index (χ4v) is 1.74. The van der Waals surface area contributed by atoms with E-state index in [0.29, 0.717) is 12.2 Å². The van der Waals surface area contributed by atoms with Crippen molar-refractivity contribution in [3.05, 3.63) is 24.3 Å². The smallest absolute Gasteiger partial charge is 0.406 e. The number of likely N-dealkylation sites (N-methyl/N-ethyl adjacent to an activating group) is 1. The predicted molar refractivity (Wildman–Crippen MR) is 75.7 cm³/mol. The summed E-state index contributed by atoms with van der Waals surface area (Å²) in [6, 6.07) is 4.37. The molecule has 0 fully saturated rings. The van der Waals surface area contributed by atoms with E-state index >= 15 is 0 Å². The quantitative estimate of drug-likeness (QED) is 0.876. The third-order valence-corrected chi connectivity index (χ3v) is 2.59. The number of carbonyl (C=O) groups is 1. The maximum Gasteiger partial charge on any atom is 0.573 e. The first-order valence-corrected chi connectivity index (χ1v) is 6.64. The van der Waals surface area contributed by atoms with Gasteiger partial charge in [0.25, 0.3) is 0 Å². The molecule has 8 heteroatoms. The second-order valence-corrected chi connectivity index (χ2v) is 5.33. The Morgan fingerprint density at radius 1 is 1.27 bits per heavy atom. The van der Waals surface area contributed by atoms with E-state index in [9.17, 15) is 23.1 Å². The molecule has 1 rings (SSSR count). The van der Waals surface area contributed by atoms with Crippen LogP contribution in [0, 0.1) is 0 Å². The van der Waals surface area contributed by atoms with E-state index in [0.717, 1.165) is 12.1 Å². The van der Waals surface area contributed by atoms with Crippen LogP contribution in [0.25, 0.3) is 0 Å². The number of anilines is 1. The number of ether oxygens (including phenoxy) is 1. The van der Waals surface area contributed by atoms with E-state index in [1.165, 1.54) is 17.0 Å². The summed E-state index contributed by atoms with van der Waals surface area (Å²) in [7, 11) is 0. The number of hydrogen-bond acceptors (Lipinski definition) is 3. The topological polar surface area (TPSA) is 61.8 Å². The van der Waals surface area contributed by atoms with Gasteiger partial charge in [0.05, 0.1) is 12.1 Å². The van der Waals surface area contributed by atoms with Crippen LogP contribution in [0.2, 0.25) is 0 Å². The number of nitrogens with zero attached hydrogens (tertiary/aromatic N) is 1. The van der Waals surface area contributed by atoms with Crippen LogP contribution in [0.1, 0.15) is 20.8 Å². The van der Waals surface area contributed by atoms with Gasteiger partial charge in [0.15, 0.2) is 0 Å². The molecule has 124 valence electrons. The minimum atomic E-state index is -4.75. The average molecular weight is 320 g/mol. The molecule has 0 bridgehead atoms. The molecule has 0 radical (unpaired) electrons.